The summed E-state index contributed by atoms with van der Waals surface area (Å²) in [6, 6.07) is 9.54. The molecule has 0 radical (unpaired) electrons. The zero-order chi connectivity index (χ0) is 13.1. The van der Waals surface area contributed by atoms with Gasteiger partial charge in [-0.15, -0.1) is 0 Å². The van der Waals surface area contributed by atoms with Gasteiger partial charge in [-0.3, -0.25) is 4.79 Å². The molecule has 0 bridgehead atoms. The Balaban J connectivity index is 2.12. The first-order chi connectivity index (χ1) is 8.59. The van der Waals surface area contributed by atoms with E-state index in [9.17, 15) is 9.59 Å². The molecule has 0 aliphatic carbocycles. The molecule has 0 aromatic heterocycles. The van der Waals surface area contributed by atoms with E-state index in [2.05, 4.69) is 15.9 Å². The minimum absolute atomic E-state index is 0.215. The summed E-state index contributed by atoms with van der Waals surface area (Å²) in [7, 11) is 0. The molecule has 1 heterocycles. The predicted octanol–water partition coefficient (Wildman–Crippen LogP) is 2.36. The molecule has 0 N–H and O–H groups in total. The Hall–Kier alpha value is -1.36. The van der Waals surface area contributed by atoms with Crippen LogP contribution in [0.5, 0.6) is 0 Å². The Morgan fingerprint density at radius 3 is 2.78 bits per heavy atom. The highest BCUT2D eigenvalue weighted by molar-refractivity contribution is 9.10. The summed E-state index contributed by atoms with van der Waals surface area (Å²) < 4.78 is 4.97. The van der Waals surface area contributed by atoms with Crippen LogP contribution in [0.2, 0.25) is 0 Å². The van der Waals surface area contributed by atoms with Gasteiger partial charge >= 0.3 is 6.09 Å². The van der Waals surface area contributed by atoms with E-state index in [0.29, 0.717) is 6.42 Å². The highest BCUT2D eigenvalue weighted by atomic mass is 79.9. The first-order valence-electron chi connectivity index (χ1n) is 5.77. The van der Waals surface area contributed by atoms with Crippen LogP contribution in [-0.2, 0) is 16.0 Å². The molecule has 1 aliphatic heterocycles. The number of ether oxygens (including phenoxy) is 1. The van der Waals surface area contributed by atoms with E-state index in [0.717, 1.165) is 5.56 Å². The largest absolute Gasteiger partial charge is 0.447 e. The second-order valence-corrected chi connectivity index (χ2v) is 5.62. The van der Waals surface area contributed by atoms with Crippen LogP contribution in [0, 0.1) is 0 Å². The number of nitrogens with zero attached hydrogens (tertiary/aromatic N) is 1. The van der Waals surface area contributed by atoms with Crippen molar-refractivity contribution < 1.29 is 14.3 Å². The lowest BCUT2D eigenvalue weighted by atomic mass is 10.1. The van der Waals surface area contributed by atoms with Crippen molar-refractivity contribution in [1.29, 1.82) is 0 Å². The third kappa shape index (κ3) is 2.72. The molecule has 5 heteroatoms. The average Bonchev–Trinajstić information content (AvgIpc) is 2.71. The second-order valence-electron chi connectivity index (χ2n) is 4.24. The van der Waals surface area contributed by atoms with Crippen molar-refractivity contribution in [2.45, 2.75) is 24.2 Å². The molecule has 1 aliphatic rings. The fourth-order valence-electron chi connectivity index (χ4n) is 1.96. The summed E-state index contributed by atoms with van der Waals surface area (Å²) >= 11 is 3.19. The highest BCUT2D eigenvalue weighted by Crippen LogP contribution is 2.19. The number of amides is 2. The van der Waals surface area contributed by atoms with Crippen molar-refractivity contribution in [3.8, 4) is 0 Å². The first kappa shape index (κ1) is 13.1. The Kier molecular flexibility index (Phi) is 4.01. The predicted molar refractivity (Wildman–Crippen MR) is 70.5 cm³/mol. The molecule has 1 saturated heterocycles. The summed E-state index contributed by atoms with van der Waals surface area (Å²) in [6.07, 6.45) is 0.0742. The van der Waals surface area contributed by atoms with Gasteiger partial charge in [-0.05, 0) is 18.9 Å². The van der Waals surface area contributed by atoms with Crippen LogP contribution in [0.1, 0.15) is 12.5 Å². The molecule has 2 unspecified atom stereocenters. The molecule has 0 saturated carbocycles. The smallest absolute Gasteiger partial charge is 0.417 e. The molecular formula is C13H14BrNO3. The number of alkyl halides is 1. The van der Waals surface area contributed by atoms with E-state index in [1.807, 2.05) is 30.3 Å². The molecular weight excluding hydrogens is 298 g/mol. The second kappa shape index (κ2) is 5.52. The van der Waals surface area contributed by atoms with E-state index >= 15 is 0 Å². The maximum absolute atomic E-state index is 11.9. The zero-order valence-corrected chi connectivity index (χ0v) is 11.6. The number of hydrogen-bond donors (Lipinski definition) is 0. The minimum Gasteiger partial charge on any atom is -0.447 e. The number of carbonyl (C=O) groups is 2. The van der Waals surface area contributed by atoms with Crippen LogP contribution in [0.15, 0.2) is 30.3 Å². The van der Waals surface area contributed by atoms with Crippen molar-refractivity contribution in [3.05, 3.63) is 35.9 Å². The third-order valence-corrected chi connectivity index (χ3v) is 3.24. The van der Waals surface area contributed by atoms with Gasteiger partial charge in [0.25, 0.3) is 0 Å². The van der Waals surface area contributed by atoms with E-state index in [1.54, 1.807) is 6.92 Å². The lowest BCUT2D eigenvalue weighted by Crippen LogP contribution is -2.43. The molecule has 2 rings (SSSR count). The normalized spacial score (nSPS) is 20.7. The summed E-state index contributed by atoms with van der Waals surface area (Å²) in [5.41, 5.74) is 1.08. The van der Waals surface area contributed by atoms with Crippen LogP contribution in [0.25, 0.3) is 0 Å². The van der Waals surface area contributed by atoms with Crippen molar-refractivity contribution in [1.82, 2.24) is 4.90 Å². The minimum atomic E-state index is -0.549. The number of cyclic esters (lactones) is 1. The first-order valence-corrected chi connectivity index (χ1v) is 6.69. The lowest BCUT2D eigenvalue weighted by molar-refractivity contribution is -0.128. The monoisotopic (exact) mass is 311 g/mol. The number of imide groups is 1. The molecule has 96 valence electrons. The molecule has 1 fully saturated rings. The molecule has 2 amide bonds. The average molecular weight is 312 g/mol. The number of hydrogen-bond acceptors (Lipinski definition) is 3. The van der Waals surface area contributed by atoms with Crippen molar-refractivity contribution in [2.75, 3.05) is 6.61 Å². The van der Waals surface area contributed by atoms with Gasteiger partial charge in [0.2, 0.25) is 5.91 Å². The van der Waals surface area contributed by atoms with Gasteiger partial charge in [-0.1, -0.05) is 46.3 Å². The molecule has 0 spiro atoms. The van der Waals surface area contributed by atoms with Crippen LogP contribution < -0.4 is 0 Å². The third-order valence-electron chi connectivity index (χ3n) is 2.85. The Labute approximate surface area is 114 Å². The SMILES string of the molecule is CC(Br)C(=O)N1C(=O)OCC1Cc1ccccc1. The summed E-state index contributed by atoms with van der Waals surface area (Å²) in [6.45, 7) is 1.96. The topological polar surface area (TPSA) is 46.6 Å². The summed E-state index contributed by atoms with van der Waals surface area (Å²) in [5, 5.41) is 0. The van der Waals surface area contributed by atoms with Gasteiger partial charge in [-0.25, -0.2) is 9.69 Å². The quantitative estimate of drug-likeness (QED) is 0.805. The van der Waals surface area contributed by atoms with Gasteiger partial charge in [0, 0.05) is 0 Å². The Morgan fingerprint density at radius 2 is 2.17 bits per heavy atom. The highest BCUT2D eigenvalue weighted by Gasteiger charge is 2.38. The molecule has 2 atom stereocenters. The van der Waals surface area contributed by atoms with Gasteiger partial charge in [0.05, 0.1) is 10.9 Å². The number of halogens is 1. The van der Waals surface area contributed by atoms with Crippen LogP contribution in [-0.4, -0.2) is 34.4 Å². The van der Waals surface area contributed by atoms with Crippen molar-refractivity contribution >= 4 is 27.9 Å². The van der Waals surface area contributed by atoms with Crippen LogP contribution >= 0.6 is 15.9 Å². The van der Waals surface area contributed by atoms with Crippen molar-refractivity contribution in [3.63, 3.8) is 0 Å². The number of rotatable bonds is 3. The fraction of sp³-hybridized carbons (Fsp3) is 0.385. The van der Waals surface area contributed by atoms with Crippen LogP contribution in [0.3, 0.4) is 0 Å². The molecule has 1 aromatic carbocycles. The lowest BCUT2D eigenvalue weighted by Gasteiger charge is -2.20. The fourth-order valence-corrected chi connectivity index (χ4v) is 2.18. The summed E-state index contributed by atoms with van der Waals surface area (Å²) in [4.78, 5) is 24.3. The van der Waals surface area contributed by atoms with Gasteiger partial charge in [0.15, 0.2) is 0 Å². The van der Waals surface area contributed by atoms with E-state index in [4.69, 9.17) is 4.74 Å². The number of benzene rings is 1. The zero-order valence-electron chi connectivity index (χ0n) is 10.0. The maximum Gasteiger partial charge on any atom is 0.417 e. The summed E-state index contributed by atoms with van der Waals surface area (Å²) in [5.74, 6) is -0.251. The number of carbonyl (C=O) groups excluding carboxylic acids is 2. The van der Waals surface area contributed by atoms with Crippen molar-refractivity contribution in [2.24, 2.45) is 0 Å². The Morgan fingerprint density at radius 1 is 1.50 bits per heavy atom. The standard InChI is InChI=1S/C13H14BrNO3/c1-9(14)12(16)15-11(8-18-13(15)17)7-10-5-3-2-4-6-10/h2-6,9,11H,7-8H2,1H3. The molecule has 4 nitrogen and oxygen atoms in total. The Bertz CT molecular complexity index is 447. The van der Waals surface area contributed by atoms with Crippen LogP contribution in [0.4, 0.5) is 4.79 Å². The molecule has 18 heavy (non-hydrogen) atoms. The van der Waals surface area contributed by atoms with Gasteiger partial charge < -0.3 is 4.74 Å². The van der Waals surface area contributed by atoms with E-state index in [1.165, 1.54) is 4.90 Å². The molecule has 1 aromatic rings. The maximum atomic E-state index is 11.9. The van der Waals surface area contributed by atoms with Gasteiger partial charge in [0.1, 0.15) is 6.61 Å². The van der Waals surface area contributed by atoms with E-state index in [-0.39, 0.29) is 23.4 Å². The van der Waals surface area contributed by atoms with E-state index < -0.39 is 6.09 Å². The van der Waals surface area contributed by atoms with Gasteiger partial charge in [-0.2, -0.15) is 0 Å².